The van der Waals surface area contributed by atoms with E-state index in [9.17, 15) is 10.1 Å². The van der Waals surface area contributed by atoms with Gasteiger partial charge in [-0.2, -0.15) is 5.26 Å². The van der Waals surface area contributed by atoms with E-state index in [0.29, 0.717) is 19.4 Å². The van der Waals surface area contributed by atoms with Gasteiger partial charge in [-0.25, -0.2) is 4.79 Å². The van der Waals surface area contributed by atoms with Crippen LogP contribution in [-0.4, -0.2) is 16.5 Å². The standard InChI is InChI=1S/C20H20N2O2/c21-16-20(12-7-13-20)22(14-17-8-3-1-4-9-17)19(23)24-15-18-10-5-2-6-11-18/h1-6,8-11H,7,12-15H2. The zero-order valence-electron chi connectivity index (χ0n) is 13.5. The Kier molecular flexibility index (Phi) is 4.81. The number of carbonyl (C=O) groups is 1. The first-order valence-electron chi connectivity index (χ1n) is 8.17. The minimum atomic E-state index is -0.733. The van der Waals surface area contributed by atoms with Gasteiger partial charge in [-0.1, -0.05) is 60.7 Å². The lowest BCUT2D eigenvalue weighted by molar-refractivity contribution is 0.0296. The number of benzene rings is 2. The molecule has 0 aliphatic heterocycles. The Balaban J connectivity index is 1.74. The highest BCUT2D eigenvalue weighted by atomic mass is 16.6. The van der Waals surface area contributed by atoms with Crippen LogP contribution in [0.2, 0.25) is 0 Å². The first kappa shape index (κ1) is 16.1. The Labute approximate surface area is 142 Å². The molecule has 1 aliphatic carbocycles. The molecular weight excluding hydrogens is 300 g/mol. The summed E-state index contributed by atoms with van der Waals surface area (Å²) in [4.78, 5) is 14.3. The Morgan fingerprint density at radius 3 is 2.12 bits per heavy atom. The first-order valence-corrected chi connectivity index (χ1v) is 8.17. The van der Waals surface area contributed by atoms with Crippen molar-refractivity contribution in [1.82, 2.24) is 4.90 Å². The number of hydrogen-bond donors (Lipinski definition) is 0. The quantitative estimate of drug-likeness (QED) is 0.826. The Bertz CT molecular complexity index is 718. The van der Waals surface area contributed by atoms with E-state index in [0.717, 1.165) is 17.5 Å². The minimum absolute atomic E-state index is 0.215. The van der Waals surface area contributed by atoms with E-state index >= 15 is 0 Å². The molecule has 2 aromatic rings. The largest absolute Gasteiger partial charge is 0.445 e. The Morgan fingerprint density at radius 2 is 1.62 bits per heavy atom. The fourth-order valence-corrected chi connectivity index (χ4v) is 2.91. The van der Waals surface area contributed by atoms with E-state index in [-0.39, 0.29) is 6.61 Å². The summed E-state index contributed by atoms with van der Waals surface area (Å²) < 4.78 is 5.48. The van der Waals surface area contributed by atoms with Gasteiger partial charge >= 0.3 is 6.09 Å². The molecule has 1 amide bonds. The number of hydrogen-bond acceptors (Lipinski definition) is 3. The van der Waals surface area contributed by atoms with Gasteiger partial charge in [-0.3, -0.25) is 4.90 Å². The van der Waals surface area contributed by atoms with Crippen molar-refractivity contribution < 1.29 is 9.53 Å². The number of rotatable bonds is 5. The van der Waals surface area contributed by atoms with Gasteiger partial charge in [0.1, 0.15) is 12.1 Å². The van der Waals surface area contributed by atoms with E-state index in [1.807, 2.05) is 60.7 Å². The third-order valence-corrected chi connectivity index (χ3v) is 4.51. The predicted octanol–water partition coefficient (Wildman–Crippen LogP) is 4.27. The van der Waals surface area contributed by atoms with Gasteiger partial charge in [-0.05, 0) is 30.4 Å². The highest BCUT2D eigenvalue weighted by molar-refractivity contribution is 5.70. The van der Waals surface area contributed by atoms with Gasteiger partial charge in [0.25, 0.3) is 0 Å². The molecule has 4 heteroatoms. The summed E-state index contributed by atoms with van der Waals surface area (Å²) in [6, 6.07) is 21.6. The molecule has 122 valence electrons. The van der Waals surface area contributed by atoms with E-state index in [1.54, 1.807) is 4.90 Å². The molecule has 24 heavy (non-hydrogen) atoms. The SMILES string of the molecule is N#CC1(N(Cc2ccccc2)C(=O)OCc2ccccc2)CCC1. The molecule has 0 heterocycles. The average molecular weight is 320 g/mol. The fraction of sp³-hybridized carbons (Fsp3) is 0.300. The van der Waals surface area contributed by atoms with Crippen LogP contribution in [0.1, 0.15) is 30.4 Å². The summed E-state index contributed by atoms with van der Waals surface area (Å²) in [6.45, 7) is 0.606. The Morgan fingerprint density at radius 1 is 1.04 bits per heavy atom. The van der Waals surface area contributed by atoms with Crippen molar-refractivity contribution in [1.29, 1.82) is 5.26 Å². The number of ether oxygens (including phenoxy) is 1. The molecule has 3 rings (SSSR count). The number of amides is 1. The van der Waals surface area contributed by atoms with Crippen LogP contribution in [0.3, 0.4) is 0 Å². The maximum atomic E-state index is 12.7. The van der Waals surface area contributed by atoms with Gasteiger partial charge < -0.3 is 4.74 Å². The second kappa shape index (κ2) is 7.18. The van der Waals surface area contributed by atoms with Crippen LogP contribution in [0, 0.1) is 11.3 Å². The molecule has 0 saturated heterocycles. The van der Waals surface area contributed by atoms with Gasteiger partial charge in [0, 0.05) is 0 Å². The van der Waals surface area contributed by atoms with Gasteiger partial charge in [-0.15, -0.1) is 0 Å². The molecule has 0 radical (unpaired) electrons. The molecule has 1 fully saturated rings. The van der Waals surface area contributed by atoms with Gasteiger partial charge in [0.05, 0.1) is 12.6 Å². The molecule has 0 spiro atoms. The van der Waals surface area contributed by atoms with Crippen LogP contribution in [0.5, 0.6) is 0 Å². The number of nitriles is 1. The average Bonchev–Trinajstić information content (AvgIpc) is 2.60. The second-order valence-corrected chi connectivity index (χ2v) is 6.11. The molecule has 1 saturated carbocycles. The smallest absolute Gasteiger partial charge is 0.411 e. The van der Waals surface area contributed by atoms with E-state index < -0.39 is 11.6 Å². The highest BCUT2D eigenvalue weighted by Crippen LogP contribution is 2.38. The van der Waals surface area contributed by atoms with Gasteiger partial charge in [0.2, 0.25) is 0 Å². The Hall–Kier alpha value is -2.80. The molecule has 0 unspecified atom stereocenters. The van der Waals surface area contributed by atoms with Crippen molar-refractivity contribution in [3.05, 3.63) is 71.8 Å². The van der Waals surface area contributed by atoms with E-state index in [4.69, 9.17) is 4.74 Å². The van der Waals surface area contributed by atoms with Crippen molar-refractivity contribution >= 4 is 6.09 Å². The van der Waals surface area contributed by atoms with Crippen molar-refractivity contribution in [2.24, 2.45) is 0 Å². The summed E-state index contributed by atoms with van der Waals surface area (Å²) in [5.41, 5.74) is 1.20. The lowest BCUT2D eigenvalue weighted by Crippen LogP contribution is -2.55. The van der Waals surface area contributed by atoms with Crippen LogP contribution >= 0.6 is 0 Å². The highest BCUT2D eigenvalue weighted by Gasteiger charge is 2.46. The summed E-state index contributed by atoms with van der Waals surface area (Å²) >= 11 is 0. The van der Waals surface area contributed by atoms with Crippen LogP contribution in [0.4, 0.5) is 4.79 Å². The van der Waals surface area contributed by atoms with E-state index in [2.05, 4.69) is 6.07 Å². The van der Waals surface area contributed by atoms with E-state index in [1.165, 1.54) is 0 Å². The molecule has 4 nitrogen and oxygen atoms in total. The normalized spacial score (nSPS) is 15.0. The van der Waals surface area contributed by atoms with Gasteiger partial charge in [0.15, 0.2) is 0 Å². The second-order valence-electron chi connectivity index (χ2n) is 6.11. The monoisotopic (exact) mass is 320 g/mol. The zero-order chi connectivity index (χ0) is 16.8. The molecule has 0 N–H and O–H groups in total. The summed E-state index contributed by atoms with van der Waals surface area (Å²) in [5.74, 6) is 0. The third kappa shape index (κ3) is 3.41. The maximum Gasteiger partial charge on any atom is 0.411 e. The molecule has 0 bridgehead atoms. The molecular formula is C20H20N2O2. The number of nitrogens with zero attached hydrogens (tertiary/aromatic N) is 2. The van der Waals surface area contributed by atoms with Crippen molar-refractivity contribution in [3.8, 4) is 6.07 Å². The molecule has 2 aromatic carbocycles. The third-order valence-electron chi connectivity index (χ3n) is 4.51. The summed E-state index contributed by atoms with van der Waals surface area (Å²) in [5, 5.41) is 9.62. The first-order chi connectivity index (χ1) is 11.7. The fourth-order valence-electron chi connectivity index (χ4n) is 2.91. The van der Waals surface area contributed by atoms with Crippen molar-refractivity contribution in [3.63, 3.8) is 0 Å². The lowest BCUT2D eigenvalue weighted by atomic mass is 9.76. The van der Waals surface area contributed by atoms with Crippen molar-refractivity contribution in [2.75, 3.05) is 0 Å². The lowest BCUT2D eigenvalue weighted by Gasteiger charge is -2.44. The maximum absolute atomic E-state index is 12.7. The summed E-state index contributed by atoms with van der Waals surface area (Å²) in [6.07, 6.45) is 1.95. The van der Waals surface area contributed by atoms with Crippen LogP contribution in [0.15, 0.2) is 60.7 Å². The van der Waals surface area contributed by atoms with Crippen LogP contribution < -0.4 is 0 Å². The minimum Gasteiger partial charge on any atom is -0.445 e. The topological polar surface area (TPSA) is 53.3 Å². The molecule has 1 aliphatic rings. The molecule has 0 aromatic heterocycles. The molecule has 0 atom stereocenters. The van der Waals surface area contributed by atoms with Crippen molar-refractivity contribution in [2.45, 2.75) is 38.0 Å². The zero-order valence-corrected chi connectivity index (χ0v) is 13.5. The predicted molar refractivity (Wildman–Crippen MR) is 90.8 cm³/mol. The van der Waals surface area contributed by atoms with Crippen LogP contribution in [-0.2, 0) is 17.9 Å². The van der Waals surface area contributed by atoms with Crippen LogP contribution in [0.25, 0.3) is 0 Å². The number of carbonyl (C=O) groups excluding carboxylic acids is 1. The summed E-state index contributed by atoms with van der Waals surface area (Å²) in [7, 11) is 0.